The molecule has 0 aromatic heterocycles. The lowest BCUT2D eigenvalue weighted by Gasteiger charge is -2.21. The van der Waals surface area contributed by atoms with Crippen molar-refractivity contribution in [2.24, 2.45) is 0 Å². The van der Waals surface area contributed by atoms with Crippen LogP contribution in [0, 0.1) is 13.8 Å². The summed E-state index contributed by atoms with van der Waals surface area (Å²) >= 11 is 0. The number of amides is 2. The molecule has 0 aliphatic carbocycles. The lowest BCUT2D eigenvalue weighted by Crippen LogP contribution is -2.36. The van der Waals surface area contributed by atoms with Crippen LogP contribution in [0.3, 0.4) is 0 Å². The minimum atomic E-state index is -4.46. The number of carbonyl (C=O) groups excluding carboxylic acids is 2. The quantitative estimate of drug-likeness (QED) is 0.879. The van der Waals surface area contributed by atoms with E-state index in [0.29, 0.717) is 5.69 Å². The Labute approximate surface area is 149 Å². The minimum absolute atomic E-state index is 0.223. The SMILES string of the molecule is CC(=O)N(CC(=O)Nc1cc(C)cc(C)c1)c1ccc(C(F)(F)F)cc1. The number of carbonyl (C=O) groups is 2. The molecule has 0 radical (unpaired) electrons. The molecule has 0 aliphatic rings. The highest BCUT2D eigenvalue weighted by Crippen LogP contribution is 2.30. The summed E-state index contributed by atoms with van der Waals surface area (Å²) in [4.78, 5) is 25.2. The molecule has 2 amide bonds. The Kier molecular flexibility index (Phi) is 5.69. The Morgan fingerprint density at radius 2 is 1.54 bits per heavy atom. The van der Waals surface area contributed by atoms with Gasteiger partial charge in [-0.05, 0) is 61.4 Å². The van der Waals surface area contributed by atoms with Gasteiger partial charge in [0.25, 0.3) is 0 Å². The molecule has 0 fully saturated rings. The molecule has 0 bridgehead atoms. The van der Waals surface area contributed by atoms with E-state index in [0.717, 1.165) is 28.2 Å². The van der Waals surface area contributed by atoms with Gasteiger partial charge in [-0.25, -0.2) is 0 Å². The summed E-state index contributed by atoms with van der Waals surface area (Å²) in [6, 6.07) is 9.66. The fourth-order valence-electron chi connectivity index (χ4n) is 2.61. The molecule has 0 atom stereocenters. The van der Waals surface area contributed by atoms with Crippen molar-refractivity contribution in [3.8, 4) is 0 Å². The van der Waals surface area contributed by atoms with E-state index in [4.69, 9.17) is 0 Å². The summed E-state index contributed by atoms with van der Waals surface area (Å²) in [7, 11) is 0. The predicted octanol–water partition coefficient (Wildman–Crippen LogP) is 4.31. The second kappa shape index (κ2) is 7.59. The highest BCUT2D eigenvalue weighted by Gasteiger charge is 2.30. The monoisotopic (exact) mass is 364 g/mol. The van der Waals surface area contributed by atoms with Crippen LogP contribution >= 0.6 is 0 Å². The van der Waals surface area contributed by atoms with Gasteiger partial charge in [-0.3, -0.25) is 9.59 Å². The number of nitrogens with zero attached hydrogens (tertiary/aromatic N) is 1. The Morgan fingerprint density at radius 3 is 2.00 bits per heavy atom. The molecular formula is C19H19F3N2O2. The normalized spacial score (nSPS) is 11.2. The van der Waals surface area contributed by atoms with Gasteiger partial charge in [0.2, 0.25) is 11.8 Å². The topological polar surface area (TPSA) is 49.4 Å². The summed E-state index contributed by atoms with van der Waals surface area (Å²) in [5.74, 6) is -0.884. The van der Waals surface area contributed by atoms with E-state index in [-0.39, 0.29) is 12.2 Å². The van der Waals surface area contributed by atoms with Crippen LogP contribution in [0.1, 0.15) is 23.6 Å². The van der Waals surface area contributed by atoms with Crippen LogP contribution in [0.5, 0.6) is 0 Å². The molecule has 2 aromatic carbocycles. The van der Waals surface area contributed by atoms with Gasteiger partial charge < -0.3 is 10.2 Å². The van der Waals surface area contributed by atoms with Gasteiger partial charge in [0.05, 0.1) is 5.56 Å². The Balaban J connectivity index is 2.15. The van der Waals surface area contributed by atoms with E-state index < -0.39 is 23.6 Å². The molecule has 0 saturated heterocycles. The van der Waals surface area contributed by atoms with Gasteiger partial charge in [-0.1, -0.05) is 6.07 Å². The fourth-order valence-corrected chi connectivity index (χ4v) is 2.61. The summed E-state index contributed by atoms with van der Waals surface area (Å²) in [5.41, 5.74) is 1.96. The molecular weight excluding hydrogens is 345 g/mol. The van der Waals surface area contributed by atoms with Gasteiger partial charge in [0, 0.05) is 18.3 Å². The van der Waals surface area contributed by atoms with E-state index in [1.165, 1.54) is 19.1 Å². The average Bonchev–Trinajstić information content (AvgIpc) is 2.50. The van der Waals surface area contributed by atoms with Crippen LogP contribution in [0.4, 0.5) is 24.5 Å². The number of hydrogen-bond donors (Lipinski definition) is 1. The highest BCUT2D eigenvalue weighted by atomic mass is 19.4. The van der Waals surface area contributed by atoms with E-state index in [1.807, 2.05) is 19.9 Å². The standard InChI is InChI=1S/C19H19F3N2O2/c1-12-8-13(2)10-16(9-12)23-18(26)11-24(14(3)25)17-6-4-15(5-7-17)19(20,21)22/h4-10H,11H2,1-3H3,(H,23,26). The number of anilines is 2. The lowest BCUT2D eigenvalue weighted by atomic mass is 10.1. The molecule has 1 N–H and O–H groups in total. The van der Waals surface area contributed by atoms with E-state index in [1.54, 1.807) is 12.1 Å². The van der Waals surface area contributed by atoms with Gasteiger partial charge >= 0.3 is 6.18 Å². The lowest BCUT2D eigenvalue weighted by molar-refractivity contribution is -0.137. The number of rotatable bonds is 4. The van der Waals surface area contributed by atoms with E-state index in [9.17, 15) is 22.8 Å². The zero-order valence-corrected chi connectivity index (χ0v) is 14.6. The van der Waals surface area contributed by atoms with Crippen molar-refractivity contribution in [3.63, 3.8) is 0 Å². The first kappa shape index (κ1) is 19.5. The molecule has 0 spiro atoms. The van der Waals surface area contributed by atoms with Gasteiger partial charge in [0.1, 0.15) is 6.54 Å². The minimum Gasteiger partial charge on any atom is -0.325 e. The maximum absolute atomic E-state index is 12.7. The second-order valence-corrected chi connectivity index (χ2v) is 6.07. The Bertz CT molecular complexity index is 794. The first-order valence-corrected chi connectivity index (χ1v) is 7.90. The molecule has 2 rings (SSSR count). The summed E-state index contributed by atoms with van der Waals surface area (Å²) in [6.07, 6.45) is -4.46. The predicted molar refractivity (Wildman–Crippen MR) is 94.0 cm³/mol. The summed E-state index contributed by atoms with van der Waals surface area (Å²) in [6.45, 7) is 4.74. The van der Waals surface area contributed by atoms with Gasteiger partial charge in [-0.15, -0.1) is 0 Å². The smallest absolute Gasteiger partial charge is 0.325 e. The van der Waals surface area contributed by atoms with Gasteiger partial charge in [-0.2, -0.15) is 13.2 Å². The van der Waals surface area contributed by atoms with Gasteiger partial charge in [0.15, 0.2) is 0 Å². The zero-order chi connectivity index (χ0) is 19.5. The zero-order valence-electron chi connectivity index (χ0n) is 14.6. The van der Waals surface area contributed by atoms with Crippen LogP contribution in [0.15, 0.2) is 42.5 Å². The third kappa shape index (κ3) is 5.08. The van der Waals surface area contributed by atoms with Crippen molar-refractivity contribution in [2.75, 3.05) is 16.8 Å². The molecule has 4 nitrogen and oxygen atoms in total. The first-order valence-electron chi connectivity index (χ1n) is 7.90. The number of nitrogens with one attached hydrogen (secondary N) is 1. The molecule has 0 heterocycles. The van der Waals surface area contributed by atoms with Crippen LogP contribution in [0.2, 0.25) is 0 Å². The molecule has 0 aliphatic heterocycles. The number of alkyl halides is 3. The molecule has 0 unspecified atom stereocenters. The molecule has 0 saturated carbocycles. The number of aryl methyl sites for hydroxylation is 2. The van der Waals surface area contributed by atoms with Crippen LogP contribution in [-0.4, -0.2) is 18.4 Å². The van der Waals surface area contributed by atoms with Crippen LogP contribution < -0.4 is 10.2 Å². The third-order valence-corrected chi connectivity index (χ3v) is 3.69. The van der Waals surface area contributed by atoms with Crippen molar-refractivity contribution >= 4 is 23.2 Å². The molecule has 138 valence electrons. The number of halogens is 3. The van der Waals surface area contributed by atoms with Crippen molar-refractivity contribution in [2.45, 2.75) is 26.9 Å². The Morgan fingerprint density at radius 1 is 1.00 bits per heavy atom. The maximum atomic E-state index is 12.7. The second-order valence-electron chi connectivity index (χ2n) is 6.07. The van der Waals surface area contributed by atoms with Crippen LogP contribution in [0.25, 0.3) is 0 Å². The first-order chi connectivity index (χ1) is 12.1. The number of benzene rings is 2. The van der Waals surface area contributed by atoms with Crippen molar-refractivity contribution in [1.29, 1.82) is 0 Å². The molecule has 7 heteroatoms. The average molecular weight is 364 g/mol. The van der Waals surface area contributed by atoms with Crippen LogP contribution in [-0.2, 0) is 15.8 Å². The molecule has 26 heavy (non-hydrogen) atoms. The largest absolute Gasteiger partial charge is 0.416 e. The Hall–Kier alpha value is -2.83. The summed E-state index contributed by atoms with van der Waals surface area (Å²) in [5, 5.41) is 2.70. The maximum Gasteiger partial charge on any atom is 0.416 e. The van der Waals surface area contributed by atoms with Crippen molar-refractivity contribution in [1.82, 2.24) is 0 Å². The third-order valence-electron chi connectivity index (χ3n) is 3.69. The van der Waals surface area contributed by atoms with Crippen molar-refractivity contribution < 1.29 is 22.8 Å². The molecule has 2 aromatic rings. The fraction of sp³-hybridized carbons (Fsp3) is 0.263. The van der Waals surface area contributed by atoms with E-state index >= 15 is 0 Å². The van der Waals surface area contributed by atoms with E-state index in [2.05, 4.69) is 5.32 Å². The summed E-state index contributed by atoms with van der Waals surface area (Å²) < 4.78 is 38.0. The van der Waals surface area contributed by atoms with Crippen molar-refractivity contribution in [3.05, 3.63) is 59.2 Å². The number of hydrogen-bond acceptors (Lipinski definition) is 2. The highest BCUT2D eigenvalue weighted by molar-refractivity contribution is 6.01.